The van der Waals surface area contributed by atoms with Crippen molar-refractivity contribution in [2.24, 2.45) is 5.92 Å². The van der Waals surface area contributed by atoms with Gasteiger partial charge in [0.05, 0.1) is 6.54 Å². The van der Waals surface area contributed by atoms with Crippen molar-refractivity contribution in [3.8, 4) is 0 Å². The average Bonchev–Trinajstić information content (AvgIpc) is 2.97. The molecule has 0 aliphatic rings. The number of hydrogen-bond acceptors (Lipinski definition) is 3. The number of hydrogen-bond donors (Lipinski definition) is 2. The number of nitrogens with one attached hydrogen (secondary N) is 2. The van der Waals surface area contributed by atoms with Crippen LogP contribution in [0.2, 0.25) is 0 Å². The summed E-state index contributed by atoms with van der Waals surface area (Å²) in [5.74, 6) is 0.435. The average molecular weight is 408 g/mol. The number of nitrogens with zero attached hydrogens (tertiary/aromatic N) is 1. The number of carbonyl (C=O) groups is 2. The Morgan fingerprint density at radius 3 is 2.40 bits per heavy atom. The lowest BCUT2D eigenvalue weighted by atomic mass is 10.0. The van der Waals surface area contributed by atoms with E-state index in [1.807, 2.05) is 32.0 Å². The summed E-state index contributed by atoms with van der Waals surface area (Å²) in [4.78, 5) is 26.5. The second-order valence-electron chi connectivity index (χ2n) is 6.09. The van der Waals surface area contributed by atoms with E-state index in [9.17, 15) is 9.59 Å². The van der Waals surface area contributed by atoms with Gasteiger partial charge in [0.25, 0.3) is 0 Å². The van der Waals surface area contributed by atoms with Crippen LogP contribution in [0.25, 0.3) is 0 Å². The molecule has 0 spiro atoms. The Kier molecular flexibility index (Phi) is 6.64. The number of likely N-dealkylation sites (N-methyl/N-ethyl adjacent to an activating group) is 1. The van der Waals surface area contributed by atoms with Crippen LogP contribution in [0.3, 0.4) is 0 Å². The van der Waals surface area contributed by atoms with Gasteiger partial charge in [0, 0.05) is 12.7 Å². The predicted octanol–water partition coefficient (Wildman–Crippen LogP) is 3.85. The van der Waals surface area contributed by atoms with Gasteiger partial charge in [0.15, 0.2) is 4.67 Å². The Labute approximate surface area is 155 Å². The molecule has 3 amide bonds. The molecule has 6 nitrogen and oxygen atoms in total. The molecule has 2 rings (SSSR count). The molecule has 0 aliphatic heterocycles. The molecule has 0 radical (unpaired) electrons. The molecule has 1 aromatic heterocycles. The maximum atomic E-state index is 12.7. The highest BCUT2D eigenvalue weighted by molar-refractivity contribution is 9.10. The minimum absolute atomic E-state index is 0.0557. The number of carbonyl (C=O) groups excluding carboxylic acids is 2. The van der Waals surface area contributed by atoms with Gasteiger partial charge in [0.1, 0.15) is 11.8 Å². The molecule has 1 atom stereocenters. The lowest BCUT2D eigenvalue weighted by Crippen LogP contribution is -2.51. The number of furan rings is 1. The first-order valence-electron chi connectivity index (χ1n) is 7.98. The van der Waals surface area contributed by atoms with E-state index in [4.69, 9.17) is 4.42 Å². The fraction of sp³-hybridized carbons (Fsp3) is 0.333. The maximum absolute atomic E-state index is 12.7. The summed E-state index contributed by atoms with van der Waals surface area (Å²) in [5, 5.41) is 5.48. The maximum Gasteiger partial charge on any atom is 0.319 e. The third-order valence-corrected chi connectivity index (χ3v) is 4.08. The summed E-state index contributed by atoms with van der Waals surface area (Å²) in [6, 6.07) is 11.6. The van der Waals surface area contributed by atoms with Gasteiger partial charge in [0.2, 0.25) is 5.91 Å². The third-order valence-electron chi connectivity index (χ3n) is 3.65. The number of amides is 3. The van der Waals surface area contributed by atoms with E-state index >= 15 is 0 Å². The number of urea groups is 1. The number of anilines is 1. The van der Waals surface area contributed by atoms with E-state index in [0.717, 1.165) is 0 Å². The van der Waals surface area contributed by atoms with Crippen molar-refractivity contribution in [1.29, 1.82) is 0 Å². The SMILES string of the molecule is CC(C)C(NC(=O)Nc1ccccc1)C(=O)N(C)Cc1ccc(Br)o1. The van der Waals surface area contributed by atoms with Gasteiger partial charge in [-0.05, 0) is 46.1 Å². The first kappa shape index (κ1) is 19.1. The smallest absolute Gasteiger partial charge is 0.319 e. The normalized spacial score (nSPS) is 11.9. The lowest BCUT2D eigenvalue weighted by molar-refractivity contribution is -0.133. The number of benzene rings is 1. The van der Waals surface area contributed by atoms with Crippen LogP contribution in [0, 0.1) is 5.92 Å². The summed E-state index contributed by atoms with van der Waals surface area (Å²) in [7, 11) is 1.69. The Morgan fingerprint density at radius 1 is 1.16 bits per heavy atom. The molecule has 0 aliphatic carbocycles. The summed E-state index contributed by atoms with van der Waals surface area (Å²) in [6.45, 7) is 4.11. The van der Waals surface area contributed by atoms with Gasteiger partial charge in [-0.3, -0.25) is 4.79 Å². The van der Waals surface area contributed by atoms with Gasteiger partial charge in [-0.25, -0.2) is 4.79 Å². The third kappa shape index (κ3) is 5.63. The van der Waals surface area contributed by atoms with Crippen LogP contribution >= 0.6 is 15.9 Å². The van der Waals surface area contributed by atoms with Crippen molar-refractivity contribution in [1.82, 2.24) is 10.2 Å². The van der Waals surface area contributed by atoms with Gasteiger partial charge in [-0.15, -0.1) is 0 Å². The number of rotatable bonds is 6. The molecule has 25 heavy (non-hydrogen) atoms. The van der Waals surface area contributed by atoms with E-state index in [2.05, 4.69) is 26.6 Å². The monoisotopic (exact) mass is 407 g/mol. The zero-order valence-electron chi connectivity index (χ0n) is 14.5. The summed E-state index contributed by atoms with van der Waals surface area (Å²) < 4.78 is 6.04. The minimum atomic E-state index is -0.632. The zero-order chi connectivity index (χ0) is 18.4. The Morgan fingerprint density at radius 2 is 1.84 bits per heavy atom. The molecule has 0 bridgehead atoms. The standard InChI is InChI=1S/C18H22BrN3O3/c1-12(2)16(21-18(24)20-13-7-5-4-6-8-13)17(23)22(3)11-14-9-10-15(19)25-14/h4-10,12,16H,11H2,1-3H3,(H2,20,21,24). The molecule has 7 heteroatoms. The van der Waals surface area contributed by atoms with Crippen molar-refractivity contribution in [3.05, 3.63) is 52.9 Å². The molecule has 1 heterocycles. The van der Waals surface area contributed by atoms with E-state index in [0.29, 0.717) is 22.7 Å². The Balaban J connectivity index is 1.98. The topological polar surface area (TPSA) is 74.6 Å². The fourth-order valence-electron chi connectivity index (χ4n) is 2.33. The van der Waals surface area contributed by atoms with Crippen LogP contribution in [0.4, 0.5) is 10.5 Å². The molecule has 0 saturated carbocycles. The Bertz CT molecular complexity index is 715. The van der Waals surface area contributed by atoms with Crippen LogP contribution in [0.1, 0.15) is 19.6 Å². The van der Waals surface area contributed by atoms with Gasteiger partial charge >= 0.3 is 6.03 Å². The highest BCUT2D eigenvalue weighted by Gasteiger charge is 2.27. The van der Waals surface area contributed by atoms with Crippen molar-refractivity contribution in [2.75, 3.05) is 12.4 Å². The first-order chi connectivity index (χ1) is 11.9. The van der Waals surface area contributed by atoms with Crippen molar-refractivity contribution >= 4 is 33.6 Å². The molecule has 134 valence electrons. The Hall–Kier alpha value is -2.28. The minimum Gasteiger partial charge on any atom is -0.452 e. The lowest BCUT2D eigenvalue weighted by Gasteiger charge is -2.26. The number of halogens is 1. The highest BCUT2D eigenvalue weighted by atomic mass is 79.9. The fourth-order valence-corrected chi connectivity index (χ4v) is 2.67. The van der Waals surface area contributed by atoms with E-state index in [1.165, 1.54) is 0 Å². The molecule has 2 aromatic rings. The van der Waals surface area contributed by atoms with Crippen LogP contribution in [0.5, 0.6) is 0 Å². The molecule has 2 N–H and O–H groups in total. The second kappa shape index (κ2) is 8.71. The van der Waals surface area contributed by atoms with Crippen molar-refractivity contribution < 1.29 is 14.0 Å². The first-order valence-corrected chi connectivity index (χ1v) is 8.78. The van der Waals surface area contributed by atoms with Gasteiger partial charge in [-0.2, -0.15) is 0 Å². The van der Waals surface area contributed by atoms with Crippen molar-refractivity contribution in [2.45, 2.75) is 26.4 Å². The summed E-state index contributed by atoms with van der Waals surface area (Å²) in [5.41, 5.74) is 0.670. The highest BCUT2D eigenvalue weighted by Crippen LogP contribution is 2.16. The van der Waals surface area contributed by atoms with Gasteiger partial charge in [-0.1, -0.05) is 32.0 Å². The predicted molar refractivity (Wildman–Crippen MR) is 100 cm³/mol. The van der Waals surface area contributed by atoms with Crippen LogP contribution in [0.15, 0.2) is 51.6 Å². The quantitative estimate of drug-likeness (QED) is 0.763. The van der Waals surface area contributed by atoms with Crippen molar-refractivity contribution in [3.63, 3.8) is 0 Å². The van der Waals surface area contributed by atoms with E-state index in [-0.39, 0.29) is 11.8 Å². The van der Waals surface area contributed by atoms with Crippen LogP contribution in [-0.2, 0) is 11.3 Å². The summed E-state index contributed by atoms with van der Waals surface area (Å²) in [6.07, 6.45) is 0. The molecule has 0 saturated heterocycles. The molecular formula is C18H22BrN3O3. The molecule has 1 unspecified atom stereocenters. The molecular weight excluding hydrogens is 386 g/mol. The van der Waals surface area contributed by atoms with Gasteiger partial charge < -0.3 is 20.0 Å². The van der Waals surface area contributed by atoms with E-state index < -0.39 is 12.1 Å². The summed E-state index contributed by atoms with van der Waals surface area (Å²) >= 11 is 3.24. The number of para-hydroxylation sites is 1. The van der Waals surface area contributed by atoms with Crippen LogP contribution < -0.4 is 10.6 Å². The van der Waals surface area contributed by atoms with Crippen LogP contribution in [-0.4, -0.2) is 29.9 Å². The van der Waals surface area contributed by atoms with E-state index in [1.54, 1.807) is 36.2 Å². The molecule has 1 aromatic carbocycles. The largest absolute Gasteiger partial charge is 0.452 e. The zero-order valence-corrected chi connectivity index (χ0v) is 16.0. The molecule has 0 fully saturated rings. The second-order valence-corrected chi connectivity index (χ2v) is 6.87.